The van der Waals surface area contributed by atoms with Gasteiger partial charge in [0.05, 0.1) is 22.3 Å². The van der Waals surface area contributed by atoms with Crippen molar-refractivity contribution >= 4 is 40.6 Å². The van der Waals surface area contributed by atoms with Crippen LogP contribution in [0.15, 0.2) is 30.3 Å². The van der Waals surface area contributed by atoms with Crippen LogP contribution in [0.4, 0.5) is 10.5 Å². The number of hydrogen-bond acceptors (Lipinski definition) is 5. The Labute approximate surface area is 166 Å². The Balaban J connectivity index is 1.39. The number of anilines is 1. The number of cyclic esters (lactones) is 1. The third-order valence-corrected chi connectivity index (χ3v) is 6.10. The maximum Gasteiger partial charge on any atom is 0.414 e. The molecule has 8 heteroatoms. The largest absolute Gasteiger partial charge is 0.442 e. The van der Waals surface area contributed by atoms with Crippen LogP contribution in [0, 0.1) is 0 Å². The molecule has 0 bridgehead atoms. The van der Waals surface area contributed by atoms with Gasteiger partial charge in [-0.1, -0.05) is 17.7 Å². The number of benzene rings is 1. The van der Waals surface area contributed by atoms with Crippen LogP contribution in [-0.4, -0.2) is 49.7 Å². The second kappa shape index (κ2) is 7.50. The van der Waals surface area contributed by atoms with Crippen LogP contribution >= 0.6 is 22.9 Å². The normalized spacial score (nSPS) is 19.7. The van der Waals surface area contributed by atoms with Crippen LogP contribution in [0.5, 0.6) is 0 Å². The summed E-state index contributed by atoms with van der Waals surface area (Å²) in [5.74, 6) is -0.210. The van der Waals surface area contributed by atoms with Gasteiger partial charge in [-0.05, 0) is 48.9 Å². The fourth-order valence-electron chi connectivity index (χ4n) is 3.42. The van der Waals surface area contributed by atoms with Gasteiger partial charge >= 0.3 is 6.09 Å². The molecule has 1 aromatic heterocycles. The number of carbonyl (C=O) groups excluding carboxylic acids is 2. The topological polar surface area (TPSA) is 61.9 Å². The lowest BCUT2D eigenvalue weighted by atomic mass is 9.99. The summed E-state index contributed by atoms with van der Waals surface area (Å²) in [7, 11) is 2.10. The number of rotatable bonds is 4. The van der Waals surface area contributed by atoms with Gasteiger partial charge in [-0.3, -0.25) is 9.69 Å². The van der Waals surface area contributed by atoms with Crippen molar-refractivity contribution in [1.82, 2.24) is 10.2 Å². The molecule has 2 amide bonds. The zero-order valence-electron chi connectivity index (χ0n) is 14.9. The highest BCUT2D eigenvalue weighted by atomic mass is 35.5. The second-order valence-electron chi connectivity index (χ2n) is 6.87. The Bertz CT molecular complexity index is 885. The summed E-state index contributed by atoms with van der Waals surface area (Å²) in [6.45, 7) is 2.62. The maximum atomic E-state index is 12.3. The van der Waals surface area contributed by atoms with E-state index in [4.69, 9.17) is 16.3 Å². The summed E-state index contributed by atoms with van der Waals surface area (Å²) < 4.78 is 5.99. The first kappa shape index (κ1) is 18.3. The van der Waals surface area contributed by atoms with Gasteiger partial charge in [-0.2, -0.15) is 0 Å². The van der Waals surface area contributed by atoms with Gasteiger partial charge in [0, 0.05) is 18.8 Å². The predicted octanol–water partition coefficient (Wildman–Crippen LogP) is 3.14. The average Bonchev–Trinajstić information content (AvgIpc) is 3.24. The first-order valence-electron chi connectivity index (χ1n) is 8.81. The molecule has 0 saturated carbocycles. The molecule has 0 spiro atoms. The molecule has 1 fully saturated rings. The Kier molecular flexibility index (Phi) is 5.08. The van der Waals surface area contributed by atoms with E-state index in [-0.39, 0.29) is 24.6 Å². The summed E-state index contributed by atoms with van der Waals surface area (Å²) in [6.07, 6.45) is 0.269. The standard InChI is InChI=1S/C19H20ClN3O3S/c1-22-7-6-12-2-3-14(8-13(12)10-22)23-11-15(26-19(23)25)9-21-18(24)16-4-5-17(20)27-16/h2-5,8,15H,6-7,9-11H2,1H3,(H,21,24)/t15-/m0/s1. The quantitative estimate of drug-likeness (QED) is 0.848. The Hall–Kier alpha value is -2.09. The molecule has 27 heavy (non-hydrogen) atoms. The minimum absolute atomic E-state index is 0.210. The zero-order valence-corrected chi connectivity index (χ0v) is 16.5. The van der Waals surface area contributed by atoms with Gasteiger partial charge in [-0.15, -0.1) is 11.3 Å². The number of ether oxygens (including phenoxy) is 1. The maximum absolute atomic E-state index is 12.3. The van der Waals surface area contributed by atoms with Crippen molar-refractivity contribution in [3.05, 3.63) is 50.7 Å². The lowest BCUT2D eigenvalue weighted by Gasteiger charge is -2.26. The van der Waals surface area contributed by atoms with E-state index in [1.807, 2.05) is 6.07 Å². The molecule has 1 atom stereocenters. The summed E-state index contributed by atoms with van der Waals surface area (Å²) in [5.41, 5.74) is 3.43. The lowest BCUT2D eigenvalue weighted by Crippen LogP contribution is -2.34. The molecule has 0 aliphatic carbocycles. The van der Waals surface area contributed by atoms with Gasteiger partial charge in [0.1, 0.15) is 6.10 Å². The Morgan fingerprint density at radius 2 is 2.19 bits per heavy atom. The first-order valence-corrected chi connectivity index (χ1v) is 10.0. The minimum Gasteiger partial charge on any atom is -0.442 e. The van der Waals surface area contributed by atoms with E-state index in [0.717, 1.165) is 25.2 Å². The molecule has 2 aliphatic rings. The van der Waals surface area contributed by atoms with Crippen molar-refractivity contribution in [2.24, 2.45) is 0 Å². The van der Waals surface area contributed by atoms with E-state index in [0.29, 0.717) is 15.8 Å². The number of fused-ring (bicyclic) bond motifs is 1. The molecule has 1 saturated heterocycles. The summed E-state index contributed by atoms with van der Waals surface area (Å²) >= 11 is 7.08. The highest BCUT2D eigenvalue weighted by Gasteiger charge is 2.33. The second-order valence-corrected chi connectivity index (χ2v) is 8.59. The molecular formula is C19H20ClN3O3S. The van der Waals surface area contributed by atoms with Gasteiger partial charge in [-0.25, -0.2) is 4.79 Å². The zero-order chi connectivity index (χ0) is 19.0. The molecule has 6 nitrogen and oxygen atoms in total. The number of thiophene rings is 1. The van der Waals surface area contributed by atoms with Gasteiger partial charge in [0.25, 0.3) is 5.91 Å². The van der Waals surface area contributed by atoms with Crippen molar-refractivity contribution in [1.29, 1.82) is 0 Å². The van der Waals surface area contributed by atoms with E-state index in [2.05, 4.69) is 29.4 Å². The number of carbonyl (C=O) groups is 2. The number of nitrogens with zero attached hydrogens (tertiary/aromatic N) is 2. The molecule has 4 rings (SSSR count). The fraction of sp³-hybridized carbons (Fsp3) is 0.368. The van der Waals surface area contributed by atoms with Gasteiger partial charge in [0.15, 0.2) is 0 Å². The van der Waals surface area contributed by atoms with Gasteiger partial charge in [0.2, 0.25) is 0 Å². The van der Waals surface area contributed by atoms with Crippen molar-refractivity contribution in [3.63, 3.8) is 0 Å². The van der Waals surface area contributed by atoms with Crippen LogP contribution in [0.25, 0.3) is 0 Å². The van der Waals surface area contributed by atoms with Crippen molar-refractivity contribution in [3.8, 4) is 0 Å². The van der Waals surface area contributed by atoms with E-state index >= 15 is 0 Å². The number of amides is 2. The average molecular weight is 406 g/mol. The molecule has 2 aromatic rings. The monoisotopic (exact) mass is 405 g/mol. The third kappa shape index (κ3) is 3.95. The molecule has 0 unspecified atom stereocenters. The van der Waals surface area contributed by atoms with E-state index in [9.17, 15) is 9.59 Å². The number of likely N-dealkylation sites (N-methyl/N-ethyl adjacent to an activating group) is 1. The SMILES string of the molecule is CN1CCc2ccc(N3C[C@H](CNC(=O)c4ccc(Cl)s4)OC3=O)cc2C1. The van der Waals surface area contributed by atoms with E-state index in [1.165, 1.54) is 22.5 Å². The van der Waals surface area contributed by atoms with E-state index < -0.39 is 0 Å². The van der Waals surface area contributed by atoms with Crippen LogP contribution in [-0.2, 0) is 17.7 Å². The Morgan fingerprint density at radius 3 is 2.96 bits per heavy atom. The summed E-state index contributed by atoms with van der Waals surface area (Å²) in [5, 5.41) is 2.80. The van der Waals surface area contributed by atoms with Gasteiger partial charge < -0.3 is 15.0 Å². The van der Waals surface area contributed by atoms with Crippen molar-refractivity contribution < 1.29 is 14.3 Å². The molecule has 3 heterocycles. The number of halogens is 1. The summed E-state index contributed by atoms with van der Waals surface area (Å²) in [6, 6.07) is 9.51. The van der Waals surface area contributed by atoms with E-state index in [1.54, 1.807) is 17.0 Å². The first-order chi connectivity index (χ1) is 13.0. The smallest absolute Gasteiger partial charge is 0.414 e. The van der Waals surface area contributed by atoms with Crippen molar-refractivity contribution in [2.45, 2.75) is 19.1 Å². The number of nitrogens with one attached hydrogen (secondary N) is 1. The van der Waals surface area contributed by atoms with Crippen LogP contribution in [0.3, 0.4) is 0 Å². The molecule has 2 aliphatic heterocycles. The fourth-order valence-corrected chi connectivity index (χ4v) is 4.38. The molecule has 0 radical (unpaired) electrons. The molecular weight excluding hydrogens is 386 g/mol. The molecule has 1 aromatic carbocycles. The lowest BCUT2D eigenvalue weighted by molar-refractivity contribution is 0.0920. The summed E-state index contributed by atoms with van der Waals surface area (Å²) in [4.78, 5) is 28.9. The molecule has 142 valence electrons. The highest BCUT2D eigenvalue weighted by molar-refractivity contribution is 7.17. The minimum atomic E-state index is -0.379. The Morgan fingerprint density at radius 1 is 1.33 bits per heavy atom. The molecule has 1 N–H and O–H groups in total. The highest BCUT2D eigenvalue weighted by Crippen LogP contribution is 2.27. The number of hydrogen-bond donors (Lipinski definition) is 1. The third-order valence-electron chi connectivity index (χ3n) is 4.87. The van der Waals surface area contributed by atoms with Crippen LogP contribution in [0.1, 0.15) is 20.8 Å². The van der Waals surface area contributed by atoms with Crippen molar-refractivity contribution in [2.75, 3.05) is 31.6 Å². The van der Waals surface area contributed by atoms with Crippen LogP contribution < -0.4 is 10.2 Å². The predicted molar refractivity (Wildman–Crippen MR) is 106 cm³/mol. The van der Waals surface area contributed by atoms with Crippen LogP contribution in [0.2, 0.25) is 4.34 Å².